The highest BCUT2D eigenvalue weighted by molar-refractivity contribution is 5.94. The maximum Gasteiger partial charge on any atom is 0.358 e. The number of furan rings is 1. The van der Waals surface area contributed by atoms with E-state index in [0.717, 1.165) is 44.9 Å². The number of nitrogens with zero attached hydrogens (tertiary/aromatic N) is 5. The normalized spacial score (nSPS) is 20.7. The Morgan fingerprint density at radius 1 is 1.24 bits per heavy atom. The van der Waals surface area contributed by atoms with Crippen molar-refractivity contribution in [3.63, 3.8) is 0 Å². The van der Waals surface area contributed by atoms with Crippen LogP contribution in [0, 0.1) is 5.92 Å². The molecule has 10 heteroatoms. The van der Waals surface area contributed by atoms with E-state index in [0.29, 0.717) is 31.7 Å². The van der Waals surface area contributed by atoms with E-state index in [-0.39, 0.29) is 17.5 Å². The molecule has 0 saturated carbocycles. The average Bonchev–Trinajstić information content (AvgIpc) is 3.38. The Kier molecular flexibility index (Phi) is 5.91. The van der Waals surface area contributed by atoms with Crippen LogP contribution in [0.3, 0.4) is 0 Å². The number of ether oxygens (including phenoxy) is 1. The van der Waals surface area contributed by atoms with Crippen LogP contribution in [0.4, 0.5) is 0 Å². The zero-order chi connectivity index (χ0) is 20.2. The Labute approximate surface area is 168 Å². The first-order valence-corrected chi connectivity index (χ1v) is 9.88. The first-order valence-electron chi connectivity index (χ1n) is 9.88. The average molecular weight is 403 g/mol. The van der Waals surface area contributed by atoms with Gasteiger partial charge in [0, 0.05) is 32.7 Å². The summed E-state index contributed by atoms with van der Waals surface area (Å²) in [6.07, 6.45) is 4.82. The van der Waals surface area contributed by atoms with Gasteiger partial charge in [0.15, 0.2) is 5.69 Å². The highest BCUT2D eigenvalue weighted by Gasteiger charge is 2.26. The number of rotatable bonds is 6. The number of piperidine rings is 1. The molecule has 29 heavy (non-hydrogen) atoms. The number of likely N-dealkylation sites (tertiary alicyclic amines) is 1. The number of morpholine rings is 1. The number of carbonyl (C=O) groups is 2. The molecule has 2 aromatic heterocycles. The molecule has 0 unspecified atom stereocenters. The summed E-state index contributed by atoms with van der Waals surface area (Å²) >= 11 is 0. The van der Waals surface area contributed by atoms with Gasteiger partial charge in [0.05, 0.1) is 31.5 Å². The standard InChI is InChI=1S/C19H25N5O5/c25-18(15-8-16(29-13-15)11-22-4-6-28-7-5-22)23-3-1-2-14(9-23)10-24-12-17(19(26)27)20-21-24/h8,12-14H,1-7,9-11H2,(H,26,27)/t14-/m0/s1. The second-order valence-corrected chi connectivity index (χ2v) is 7.58. The van der Waals surface area contributed by atoms with Gasteiger partial charge in [-0.1, -0.05) is 5.21 Å². The van der Waals surface area contributed by atoms with E-state index < -0.39 is 5.97 Å². The third-order valence-electron chi connectivity index (χ3n) is 5.39. The predicted octanol–water partition coefficient (Wildman–Crippen LogP) is 0.954. The molecule has 2 aromatic rings. The minimum absolute atomic E-state index is 0.0310. The van der Waals surface area contributed by atoms with E-state index in [1.165, 1.54) is 12.5 Å². The summed E-state index contributed by atoms with van der Waals surface area (Å²) in [5.41, 5.74) is 0.503. The van der Waals surface area contributed by atoms with Crippen molar-refractivity contribution in [3.8, 4) is 0 Å². The Morgan fingerprint density at radius 3 is 2.83 bits per heavy atom. The van der Waals surface area contributed by atoms with Crippen LogP contribution >= 0.6 is 0 Å². The van der Waals surface area contributed by atoms with Crippen LogP contribution in [-0.4, -0.2) is 81.2 Å². The lowest BCUT2D eigenvalue weighted by Gasteiger charge is -2.32. The lowest BCUT2D eigenvalue weighted by Crippen LogP contribution is -2.41. The maximum absolute atomic E-state index is 12.9. The number of amides is 1. The van der Waals surface area contributed by atoms with Crippen molar-refractivity contribution in [3.05, 3.63) is 35.5 Å². The molecule has 4 heterocycles. The van der Waals surface area contributed by atoms with Gasteiger partial charge < -0.3 is 19.2 Å². The molecule has 1 amide bonds. The molecule has 2 aliphatic heterocycles. The first kappa shape index (κ1) is 19.6. The van der Waals surface area contributed by atoms with Crippen molar-refractivity contribution >= 4 is 11.9 Å². The molecule has 10 nitrogen and oxygen atoms in total. The van der Waals surface area contributed by atoms with Crippen LogP contribution in [0.1, 0.15) is 39.4 Å². The molecule has 2 fully saturated rings. The van der Waals surface area contributed by atoms with Crippen molar-refractivity contribution in [1.82, 2.24) is 24.8 Å². The molecular formula is C19H25N5O5. The summed E-state index contributed by atoms with van der Waals surface area (Å²) in [6, 6.07) is 1.83. The highest BCUT2D eigenvalue weighted by Crippen LogP contribution is 2.21. The lowest BCUT2D eigenvalue weighted by atomic mass is 9.97. The number of aromatic nitrogens is 3. The first-order chi connectivity index (χ1) is 14.1. The van der Waals surface area contributed by atoms with Gasteiger partial charge in [-0.15, -0.1) is 5.10 Å². The van der Waals surface area contributed by atoms with Gasteiger partial charge in [0.2, 0.25) is 0 Å². The lowest BCUT2D eigenvalue weighted by molar-refractivity contribution is 0.0313. The topological polar surface area (TPSA) is 114 Å². The second-order valence-electron chi connectivity index (χ2n) is 7.58. The SMILES string of the molecule is O=C(O)c1cn(C[C@H]2CCCN(C(=O)c3coc(CN4CCOCC4)c3)C2)nn1. The monoisotopic (exact) mass is 403 g/mol. The molecule has 0 aromatic carbocycles. The van der Waals surface area contributed by atoms with Crippen LogP contribution in [0.25, 0.3) is 0 Å². The number of aromatic carboxylic acids is 1. The van der Waals surface area contributed by atoms with E-state index in [9.17, 15) is 9.59 Å². The number of hydrogen-bond donors (Lipinski definition) is 1. The molecule has 0 spiro atoms. The molecule has 4 rings (SSSR count). The molecule has 2 aliphatic rings. The van der Waals surface area contributed by atoms with Gasteiger partial charge in [0.25, 0.3) is 5.91 Å². The van der Waals surface area contributed by atoms with Crippen LogP contribution < -0.4 is 0 Å². The van der Waals surface area contributed by atoms with Gasteiger partial charge in [-0.3, -0.25) is 14.4 Å². The summed E-state index contributed by atoms with van der Waals surface area (Å²) < 4.78 is 12.5. The van der Waals surface area contributed by atoms with E-state index in [2.05, 4.69) is 15.2 Å². The molecule has 156 valence electrons. The summed E-state index contributed by atoms with van der Waals surface area (Å²) in [5.74, 6) is -0.135. The van der Waals surface area contributed by atoms with Gasteiger partial charge in [-0.05, 0) is 24.8 Å². The molecule has 1 N–H and O–H groups in total. The molecule has 2 saturated heterocycles. The summed E-state index contributed by atoms with van der Waals surface area (Å²) in [6.45, 7) is 5.70. The maximum atomic E-state index is 12.9. The quantitative estimate of drug-likeness (QED) is 0.758. The van der Waals surface area contributed by atoms with Crippen molar-refractivity contribution < 1.29 is 23.8 Å². The number of carboxylic acids is 1. The smallest absolute Gasteiger partial charge is 0.358 e. The largest absolute Gasteiger partial charge is 0.476 e. The molecule has 1 atom stereocenters. The zero-order valence-electron chi connectivity index (χ0n) is 16.2. The van der Waals surface area contributed by atoms with E-state index in [1.807, 2.05) is 11.0 Å². The van der Waals surface area contributed by atoms with Crippen LogP contribution in [0.15, 0.2) is 22.9 Å². The van der Waals surface area contributed by atoms with E-state index in [1.54, 1.807) is 4.68 Å². The van der Waals surface area contributed by atoms with Crippen LogP contribution in [-0.2, 0) is 17.8 Å². The van der Waals surface area contributed by atoms with Gasteiger partial charge in [-0.2, -0.15) is 0 Å². The van der Waals surface area contributed by atoms with Gasteiger partial charge in [0.1, 0.15) is 12.0 Å². The van der Waals surface area contributed by atoms with Crippen LogP contribution in [0.5, 0.6) is 0 Å². The van der Waals surface area contributed by atoms with Gasteiger partial charge in [-0.25, -0.2) is 4.79 Å². The highest BCUT2D eigenvalue weighted by atomic mass is 16.5. The number of hydrogen-bond acceptors (Lipinski definition) is 7. The molecule has 0 radical (unpaired) electrons. The van der Waals surface area contributed by atoms with E-state index >= 15 is 0 Å². The molecule has 0 aliphatic carbocycles. The summed E-state index contributed by atoms with van der Waals surface area (Å²) in [7, 11) is 0. The van der Waals surface area contributed by atoms with Gasteiger partial charge >= 0.3 is 5.97 Å². The summed E-state index contributed by atoms with van der Waals surface area (Å²) in [5, 5.41) is 16.5. The Morgan fingerprint density at radius 2 is 2.07 bits per heavy atom. The summed E-state index contributed by atoms with van der Waals surface area (Å²) in [4.78, 5) is 27.9. The fourth-order valence-electron chi connectivity index (χ4n) is 3.89. The van der Waals surface area contributed by atoms with Crippen molar-refractivity contribution in [2.24, 2.45) is 5.92 Å². The second kappa shape index (κ2) is 8.75. The molecule has 0 bridgehead atoms. The Bertz CT molecular complexity index is 857. The van der Waals surface area contributed by atoms with Crippen molar-refractivity contribution in [2.75, 3.05) is 39.4 Å². The Hall–Kier alpha value is -2.72. The van der Waals surface area contributed by atoms with E-state index in [4.69, 9.17) is 14.3 Å². The zero-order valence-corrected chi connectivity index (χ0v) is 16.2. The minimum Gasteiger partial charge on any atom is -0.476 e. The van der Waals surface area contributed by atoms with Crippen LogP contribution in [0.2, 0.25) is 0 Å². The third kappa shape index (κ3) is 4.83. The predicted molar refractivity (Wildman–Crippen MR) is 100 cm³/mol. The van der Waals surface area contributed by atoms with Crippen molar-refractivity contribution in [2.45, 2.75) is 25.9 Å². The minimum atomic E-state index is -1.09. The Balaban J connectivity index is 1.34. The number of carbonyl (C=O) groups excluding carboxylic acids is 1. The fraction of sp³-hybridized carbons (Fsp3) is 0.579. The number of carboxylic acid groups (broad SMARTS) is 1. The fourth-order valence-corrected chi connectivity index (χ4v) is 3.89. The third-order valence-corrected chi connectivity index (χ3v) is 5.39. The van der Waals surface area contributed by atoms with Crippen molar-refractivity contribution in [1.29, 1.82) is 0 Å². The molecular weight excluding hydrogens is 378 g/mol.